The van der Waals surface area contributed by atoms with E-state index in [1.54, 1.807) is 48.5 Å². The van der Waals surface area contributed by atoms with Gasteiger partial charge in [-0.25, -0.2) is 9.69 Å². The first-order chi connectivity index (χ1) is 10.1. The lowest BCUT2D eigenvalue weighted by molar-refractivity contribution is -0.115. The molecule has 0 radical (unpaired) electrons. The number of nitrogen functional groups attached to an aromatic ring is 1. The monoisotopic (exact) mass is 301 g/mol. The molecule has 106 valence electrons. The molecule has 2 N–H and O–H groups in total. The van der Waals surface area contributed by atoms with Gasteiger partial charge in [0.25, 0.3) is 5.91 Å². The van der Waals surface area contributed by atoms with Gasteiger partial charge in [-0.05, 0) is 36.4 Å². The van der Waals surface area contributed by atoms with E-state index in [1.165, 1.54) is 4.90 Å². The first kappa shape index (κ1) is 13.5. The number of nitrogens with zero attached hydrogens (tertiary/aromatic N) is 2. The minimum absolute atomic E-state index is 0.0199. The van der Waals surface area contributed by atoms with Gasteiger partial charge < -0.3 is 5.73 Å². The summed E-state index contributed by atoms with van der Waals surface area (Å²) in [6, 6.07) is 13.1. The Kier molecular flexibility index (Phi) is 3.27. The van der Waals surface area contributed by atoms with Crippen molar-refractivity contribution in [1.82, 2.24) is 0 Å². The summed E-state index contributed by atoms with van der Waals surface area (Å²) in [5.41, 5.74) is 7.25. The molecule has 0 unspecified atom stereocenters. The number of amides is 3. The van der Waals surface area contributed by atoms with Gasteiger partial charge in [-0.3, -0.25) is 9.69 Å². The molecule has 2 aromatic rings. The van der Waals surface area contributed by atoms with Crippen molar-refractivity contribution in [3.8, 4) is 0 Å². The molecule has 0 atom stereocenters. The highest BCUT2D eigenvalue weighted by atomic mass is 35.5. The second-order valence-corrected chi connectivity index (χ2v) is 5.11. The molecule has 1 heterocycles. The molecule has 0 bridgehead atoms. The molecule has 0 saturated carbocycles. The van der Waals surface area contributed by atoms with E-state index < -0.39 is 6.03 Å². The third-order valence-electron chi connectivity index (χ3n) is 3.21. The van der Waals surface area contributed by atoms with Crippen molar-refractivity contribution < 1.29 is 9.59 Å². The lowest BCUT2D eigenvalue weighted by Crippen LogP contribution is -2.33. The minimum Gasteiger partial charge on any atom is -0.399 e. The highest BCUT2D eigenvalue weighted by Gasteiger charge is 2.38. The average molecular weight is 302 g/mol. The molecule has 3 amide bonds. The zero-order valence-electron chi connectivity index (χ0n) is 11.0. The van der Waals surface area contributed by atoms with Crippen LogP contribution in [0.4, 0.5) is 21.9 Å². The molecule has 1 aliphatic rings. The van der Waals surface area contributed by atoms with Gasteiger partial charge in [0.05, 0.1) is 5.69 Å². The van der Waals surface area contributed by atoms with Crippen LogP contribution in [0.25, 0.3) is 0 Å². The van der Waals surface area contributed by atoms with E-state index in [4.69, 9.17) is 17.3 Å². The number of benzene rings is 2. The predicted octanol–water partition coefficient (Wildman–Crippen LogP) is 2.90. The lowest BCUT2D eigenvalue weighted by Gasteiger charge is -2.17. The van der Waals surface area contributed by atoms with Crippen LogP contribution in [0.15, 0.2) is 48.5 Å². The fraction of sp³-hybridized carbons (Fsp3) is 0.0667. The molecule has 1 saturated heterocycles. The van der Waals surface area contributed by atoms with Crippen molar-refractivity contribution >= 4 is 40.6 Å². The summed E-state index contributed by atoms with van der Waals surface area (Å²) in [5, 5.41) is 0.509. The maximum absolute atomic E-state index is 12.5. The van der Waals surface area contributed by atoms with E-state index in [-0.39, 0.29) is 12.5 Å². The predicted molar refractivity (Wildman–Crippen MR) is 82.5 cm³/mol. The van der Waals surface area contributed by atoms with Gasteiger partial charge in [-0.1, -0.05) is 23.7 Å². The van der Waals surface area contributed by atoms with Crippen LogP contribution in [0.3, 0.4) is 0 Å². The van der Waals surface area contributed by atoms with Gasteiger partial charge in [0.15, 0.2) is 0 Å². The fourth-order valence-corrected chi connectivity index (χ4v) is 2.45. The largest absolute Gasteiger partial charge is 0.399 e. The summed E-state index contributed by atoms with van der Waals surface area (Å²) >= 11 is 5.93. The number of rotatable bonds is 2. The molecule has 3 rings (SSSR count). The second-order valence-electron chi connectivity index (χ2n) is 4.67. The van der Waals surface area contributed by atoms with E-state index in [1.807, 2.05) is 0 Å². The summed E-state index contributed by atoms with van der Waals surface area (Å²) in [7, 11) is 0. The van der Waals surface area contributed by atoms with Gasteiger partial charge in [0, 0.05) is 16.4 Å². The minimum atomic E-state index is -0.409. The Morgan fingerprint density at radius 1 is 1.00 bits per heavy atom. The Bertz CT molecular complexity index is 732. The van der Waals surface area contributed by atoms with Crippen LogP contribution < -0.4 is 15.5 Å². The van der Waals surface area contributed by atoms with E-state index >= 15 is 0 Å². The summed E-state index contributed by atoms with van der Waals surface area (Å²) in [4.78, 5) is 27.1. The Labute approximate surface area is 126 Å². The fourth-order valence-electron chi connectivity index (χ4n) is 2.27. The molecule has 1 fully saturated rings. The summed E-state index contributed by atoms with van der Waals surface area (Å²) in [6.07, 6.45) is 0. The van der Waals surface area contributed by atoms with Gasteiger partial charge in [-0.2, -0.15) is 0 Å². The van der Waals surface area contributed by atoms with Crippen LogP contribution in [-0.4, -0.2) is 18.5 Å². The third-order valence-corrected chi connectivity index (χ3v) is 3.45. The van der Waals surface area contributed by atoms with Crippen LogP contribution in [0.2, 0.25) is 5.02 Å². The highest BCUT2D eigenvalue weighted by Crippen LogP contribution is 2.28. The number of urea groups is 1. The van der Waals surface area contributed by atoms with E-state index in [0.29, 0.717) is 22.1 Å². The molecule has 0 spiro atoms. The first-order valence-corrected chi connectivity index (χ1v) is 6.69. The SMILES string of the molecule is Nc1cccc(N2C(=O)CN(c3cccc(Cl)c3)C2=O)c1. The molecular weight excluding hydrogens is 290 g/mol. The van der Waals surface area contributed by atoms with Crippen LogP contribution in [0.1, 0.15) is 0 Å². The average Bonchev–Trinajstić information content (AvgIpc) is 2.74. The van der Waals surface area contributed by atoms with Crippen molar-refractivity contribution in [2.24, 2.45) is 0 Å². The Hall–Kier alpha value is -2.53. The highest BCUT2D eigenvalue weighted by molar-refractivity contribution is 6.31. The number of anilines is 3. The van der Waals surface area contributed by atoms with Gasteiger partial charge >= 0.3 is 6.03 Å². The number of carbonyl (C=O) groups is 2. The number of nitrogens with two attached hydrogens (primary N) is 1. The van der Waals surface area contributed by atoms with Crippen LogP contribution in [-0.2, 0) is 4.79 Å². The van der Waals surface area contributed by atoms with Crippen molar-refractivity contribution in [1.29, 1.82) is 0 Å². The zero-order chi connectivity index (χ0) is 15.0. The molecular formula is C15H12ClN3O2. The summed E-state index contributed by atoms with van der Waals surface area (Å²) in [6.45, 7) is -0.0199. The van der Waals surface area contributed by atoms with Crippen LogP contribution >= 0.6 is 11.6 Å². The smallest absolute Gasteiger partial charge is 0.336 e. The van der Waals surface area contributed by atoms with Crippen molar-refractivity contribution in [3.05, 3.63) is 53.6 Å². The van der Waals surface area contributed by atoms with Crippen molar-refractivity contribution in [3.63, 3.8) is 0 Å². The number of hydrogen-bond acceptors (Lipinski definition) is 3. The Balaban J connectivity index is 1.96. The Morgan fingerprint density at radius 3 is 2.43 bits per heavy atom. The van der Waals surface area contributed by atoms with Crippen molar-refractivity contribution in [2.45, 2.75) is 0 Å². The standard InChI is InChI=1S/C15H12ClN3O2/c16-10-3-1-5-12(7-10)18-9-14(20)19(15(18)21)13-6-2-4-11(17)8-13/h1-8H,9,17H2. The molecule has 1 aliphatic heterocycles. The number of imide groups is 1. The van der Waals surface area contributed by atoms with Crippen LogP contribution in [0.5, 0.6) is 0 Å². The number of halogens is 1. The summed E-state index contributed by atoms with van der Waals surface area (Å²) < 4.78 is 0. The lowest BCUT2D eigenvalue weighted by atomic mass is 10.2. The quantitative estimate of drug-likeness (QED) is 0.685. The van der Waals surface area contributed by atoms with E-state index in [2.05, 4.69) is 0 Å². The van der Waals surface area contributed by atoms with Crippen LogP contribution in [0, 0.1) is 0 Å². The Morgan fingerprint density at radius 2 is 1.71 bits per heavy atom. The molecule has 2 aromatic carbocycles. The first-order valence-electron chi connectivity index (χ1n) is 6.32. The normalized spacial score (nSPS) is 14.9. The molecule has 0 aromatic heterocycles. The molecule has 0 aliphatic carbocycles. The third kappa shape index (κ3) is 2.43. The molecule has 6 heteroatoms. The van der Waals surface area contributed by atoms with E-state index in [0.717, 1.165) is 4.90 Å². The number of hydrogen-bond donors (Lipinski definition) is 1. The maximum atomic E-state index is 12.5. The van der Waals surface area contributed by atoms with Gasteiger partial charge in [0.1, 0.15) is 6.54 Å². The zero-order valence-corrected chi connectivity index (χ0v) is 11.7. The summed E-state index contributed by atoms with van der Waals surface area (Å²) in [5.74, 6) is -0.300. The van der Waals surface area contributed by atoms with Gasteiger partial charge in [0.2, 0.25) is 0 Å². The number of carbonyl (C=O) groups excluding carboxylic acids is 2. The van der Waals surface area contributed by atoms with Crippen molar-refractivity contribution in [2.75, 3.05) is 22.1 Å². The van der Waals surface area contributed by atoms with Gasteiger partial charge in [-0.15, -0.1) is 0 Å². The topological polar surface area (TPSA) is 66.6 Å². The second kappa shape index (κ2) is 5.10. The van der Waals surface area contributed by atoms with E-state index in [9.17, 15) is 9.59 Å². The molecule has 21 heavy (non-hydrogen) atoms. The maximum Gasteiger partial charge on any atom is 0.336 e. The molecule has 5 nitrogen and oxygen atoms in total.